The first kappa shape index (κ1) is 13.4. The summed E-state index contributed by atoms with van der Waals surface area (Å²) in [6.45, 7) is 1.85. The fraction of sp³-hybridized carbons (Fsp3) is 0.500. The maximum Gasteiger partial charge on any atom is 0.141 e. The maximum absolute atomic E-state index is 12.9. The van der Waals surface area contributed by atoms with Gasteiger partial charge < -0.3 is 10.4 Å². The molecule has 4 heteroatoms. The van der Waals surface area contributed by atoms with Crippen LogP contribution in [-0.4, -0.2) is 18.3 Å². The van der Waals surface area contributed by atoms with Crippen molar-refractivity contribution in [2.45, 2.75) is 25.8 Å². The molecule has 1 rings (SSSR count). The second kappa shape index (κ2) is 7.60. The molecule has 0 saturated heterocycles. The normalized spacial score (nSPS) is 10.7. The van der Waals surface area contributed by atoms with Crippen LogP contribution in [0.3, 0.4) is 0 Å². The molecule has 0 saturated carbocycles. The molecule has 2 nitrogen and oxygen atoms in total. The minimum atomic E-state index is -0.381. The Hall–Kier alpha value is -0.640. The molecule has 1 aromatic rings. The van der Waals surface area contributed by atoms with Crippen molar-refractivity contribution in [2.75, 3.05) is 13.2 Å². The standard InChI is InChI=1S/C12H17ClFNO/c13-11-8-10(4-5-12(11)14)9-15-6-2-1-3-7-16/h4-5,8,15-16H,1-3,6-7,9H2. The van der Waals surface area contributed by atoms with E-state index in [-0.39, 0.29) is 17.4 Å². The molecule has 0 radical (unpaired) electrons. The number of hydrogen-bond acceptors (Lipinski definition) is 2. The lowest BCUT2D eigenvalue weighted by Gasteiger charge is -2.05. The van der Waals surface area contributed by atoms with Gasteiger partial charge in [0.2, 0.25) is 0 Å². The van der Waals surface area contributed by atoms with E-state index in [4.69, 9.17) is 16.7 Å². The average Bonchev–Trinajstić information content (AvgIpc) is 2.28. The molecule has 0 fully saturated rings. The molecule has 0 aliphatic carbocycles. The third kappa shape index (κ3) is 4.92. The number of benzene rings is 1. The van der Waals surface area contributed by atoms with Crippen LogP contribution >= 0.6 is 11.6 Å². The zero-order chi connectivity index (χ0) is 11.8. The topological polar surface area (TPSA) is 32.3 Å². The Balaban J connectivity index is 2.19. The molecular formula is C12H17ClFNO. The summed E-state index contributed by atoms with van der Waals surface area (Å²) in [4.78, 5) is 0. The van der Waals surface area contributed by atoms with Crippen molar-refractivity contribution in [3.05, 3.63) is 34.6 Å². The predicted molar refractivity (Wildman–Crippen MR) is 64.1 cm³/mol. The van der Waals surface area contributed by atoms with E-state index in [9.17, 15) is 4.39 Å². The van der Waals surface area contributed by atoms with Crippen LogP contribution in [0, 0.1) is 5.82 Å². The van der Waals surface area contributed by atoms with E-state index in [2.05, 4.69) is 5.32 Å². The smallest absolute Gasteiger partial charge is 0.141 e. The van der Waals surface area contributed by atoms with Gasteiger partial charge in [-0.15, -0.1) is 0 Å². The van der Waals surface area contributed by atoms with Crippen molar-refractivity contribution in [3.8, 4) is 0 Å². The molecule has 16 heavy (non-hydrogen) atoms. The number of rotatable bonds is 7. The van der Waals surface area contributed by atoms with E-state index in [1.54, 1.807) is 12.1 Å². The van der Waals surface area contributed by atoms with E-state index >= 15 is 0 Å². The number of nitrogens with one attached hydrogen (secondary N) is 1. The zero-order valence-electron chi connectivity index (χ0n) is 9.18. The summed E-state index contributed by atoms with van der Waals surface area (Å²) in [5, 5.41) is 12.0. The quantitative estimate of drug-likeness (QED) is 0.724. The van der Waals surface area contributed by atoms with E-state index in [1.807, 2.05) is 0 Å². The van der Waals surface area contributed by atoms with Crippen LogP contribution in [0.2, 0.25) is 5.02 Å². The van der Waals surface area contributed by atoms with Gasteiger partial charge in [-0.1, -0.05) is 17.7 Å². The van der Waals surface area contributed by atoms with Gasteiger partial charge in [0.25, 0.3) is 0 Å². The molecule has 0 heterocycles. The Morgan fingerprint density at radius 1 is 1.25 bits per heavy atom. The molecular weight excluding hydrogens is 229 g/mol. The second-order valence-corrected chi connectivity index (χ2v) is 4.12. The van der Waals surface area contributed by atoms with Crippen LogP contribution in [0.1, 0.15) is 24.8 Å². The minimum absolute atomic E-state index is 0.166. The van der Waals surface area contributed by atoms with Crippen molar-refractivity contribution in [1.29, 1.82) is 0 Å². The van der Waals surface area contributed by atoms with Crippen LogP contribution in [0.15, 0.2) is 18.2 Å². The fourth-order valence-electron chi connectivity index (χ4n) is 1.42. The first-order chi connectivity index (χ1) is 7.74. The first-order valence-corrected chi connectivity index (χ1v) is 5.87. The molecule has 90 valence electrons. The van der Waals surface area contributed by atoms with Crippen molar-refractivity contribution in [2.24, 2.45) is 0 Å². The number of hydrogen-bond donors (Lipinski definition) is 2. The van der Waals surface area contributed by atoms with E-state index in [0.717, 1.165) is 31.4 Å². The molecule has 0 atom stereocenters. The summed E-state index contributed by atoms with van der Waals surface area (Å²) >= 11 is 5.66. The van der Waals surface area contributed by atoms with E-state index in [1.165, 1.54) is 6.07 Å². The largest absolute Gasteiger partial charge is 0.396 e. The van der Waals surface area contributed by atoms with Gasteiger partial charge in [0.15, 0.2) is 0 Å². The second-order valence-electron chi connectivity index (χ2n) is 3.71. The highest BCUT2D eigenvalue weighted by atomic mass is 35.5. The summed E-state index contributed by atoms with van der Waals surface area (Å²) in [5.41, 5.74) is 0.980. The van der Waals surface area contributed by atoms with Gasteiger partial charge in [0, 0.05) is 13.2 Å². The van der Waals surface area contributed by atoms with Gasteiger partial charge in [0.1, 0.15) is 5.82 Å². The van der Waals surface area contributed by atoms with Crippen LogP contribution in [0.4, 0.5) is 4.39 Å². The highest BCUT2D eigenvalue weighted by Gasteiger charge is 2.00. The lowest BCUT2D eigenvalue weighted by Crippen LogP contribution is -2.14. The molecule has 0 bridgehead atoms. The monoisotopic (exact) mass is 245 g/mol. The molecule has 0 amide bonds. The molecule has 0 aromatic heterocycles. The van der Waals surface area contributed by atoms with E-state index in [0.29, 0.717) is 6.54 Å². The molecule has 1 aromatic carbocycles. The number of aliphatic hydroxyl groups is 1. The predicted octanol–water partition coefficient (Wildman–Crippen LogP) is 2.73. The summed E-state index contributed by atoms with van der Waals surface area (Å²) < 4.78 is 12.9. The molecule has 0 unspecified atom stereocenters. The van der Waals surface area contributed by atoms with Gasteiger partial charge in [-0.05, 0) is 43.5 Å². The third-order valence-electron chi connectivity index (χ3n) is 2.32. The minimum Gasteiger partial charge on any atom is -0.396 e. The SMILES string of the molecule is OCCCCCNCc1ccc(F)c(Cl)c1. The average molecular weight is 246 g/mol. The molecule has 0 spiro atoms. The van der Waals surface area contributed by atoms with Crippen molar-refractivity contribution in [3.63, 3.8) is 0 Å². The lowest BCUT2D eigenvalue weighted by atomic mass is 10.2. The first-order valence-electron chi connectivity index (χ1n) is 5.49. The summed E-state index contributed by atoms with van der Waals surface area (Å²) in [7, 11) is 0. The van der Waals surface area contributed by atoms with Crippen molar-refractivity contribution in [1.82, 2.24) is 5.32 Å². The van der Waals surface area contributed by atoms with Gasteiger partial charge in [-0.3, -0.25) is 0 Å². The Bertz CT molecular complexity index is 320. The highest BCUT2D eigenvalue weighted by Crippen LogP contribution is 2.15. The highest BCUT2D eigenvalue weighted by molar-refractivity contribution is 6.30. The number of halogens is 2. The van der Waals surface area contributed by atoms with Crippen molar-refractivity contribution >= 4 is 11.6 Å². The fourth-order valence-corrected chi connectivity index (χ4v) is 1.62. The Labute approximate surface area is 100 Å². The zero-order valence-corrected chi connectivity index (χ0v) is 9.93. The Morgan fingerprint density at radius 3 is 2.75 bits per heavy atom. The summed E-state index contributed by atoms with van der Waals surface area (Å²) in [5.74, 6) is -0.381. The lowest BCUT2D eigenvalue weighted by molar-refractivity contribution is 0.283. The van der Waals surface area contributed by atoms with Crippen molar-refractivity contribution < 1.29 is 9.50 Å². The van der Waals surface area contributed by atoms with Crippen LogP contribution in [0.5, 0.6) is 0 Å². The molecule has 2 N–H and O–H groups in total. The van der Waals surface area contributed by atoms with Crippen LogP contribution in [-0.2, 0) is 6.54 Å². The maximum atomic E-state index is 12.9. The van der Waals surface area contributed by atoms with Gasteiger partial charge in [-0.25, -0.2) is 4.39 Å². The Morgan fingerprint density at radius 2 is 2.06 bits per heavy atom. The molecule has 0 aliphatic heterocycles. The molecule has 0 aliphatic rings. The number of aliphatic hydroxyl groups excluding tert-OH is 1. The van der Waals surface area contributed by atoms with Gasteiger partial charge in [0.05, 0.1) is 5.02 Å². The Kier molecular flexibility index (Phi) is 6.38. The van der Waals surface area contributed by atoms with Crippen LogP contribution < -0.4 is 5.32 Å². The third-order valence-corrected chi connectivity index (χ3v) is 2.61. The number of unbranched alkanes of at least 4 members (excludes halogenated alkanes) is 2. The van der Waals surface area contributed by atoms with Crippen LogP contribution in [0.25, 0.3) is 0 Å². The summed E-state index contributed by atoms with van der Waals surface area (Å²) in [6, 6.07) is 4.74. The summed E-state index contributed by atoms with van der Waals surface area (Å²) in [6.07, 6.45) is 2.91. The van der Waals surface area contributed by atoms with E-state index < -0.39 is 0 Å². The van der Waals surface area contributed by atoms with Gasteiger partial charge >= 0.3 is 0 Å². The van der Waals surface area contributed by atoms with Gasteiger partial charge in [-0.2, -0.15) is 0 Å².